The Labute approximate surface area is 136 Å². The number of anilines is 2. The molecule has 0 saturated carbocycles. The van der Waals surface area contributed by atoms with Crippen molar-refractivity contribution in [3.05, 3.63) is 44.7 Å². The molecule has 0 atom stereocenters. The van der Waals surface area contributed by atoms with Gasteiger partial charge in [-0.3, -0.25) is 4.79 Å². The molecule has 0 bridgehead atoms. The second-order valence-electron chi connectivity index (χ2n) is 4.74. The summed E-state index contributed by atoms with van der Waals surface area (Å²) in [6.07, 6.45) is 1.76. The largest absolute Gasteiger partial charge is 0.397 e. The molecule has 0 aliphatic heterocycles. The number of nitrogens with one attached hydrogen (secondary N) is 1. The predicted octanol–water partition coefficient (Wildman–Crippen LogP) is 4.16. The minimum Gasteiger partial charge on any atom is -0.397 e. The van der Waals surface area contributed by atoms with Gasteiger partial charge in [0.25, 0.3) is 5.91 Å². The molecule has 1 aromatic carbocycles. The van der Waals surface area contributed by atoms with Crippen molar-refractivity contribution < 1.29 is 4.79 Å². The van der Waals surface area contributed by atoms with Gasteiger partial charge in [-0.05, 0) is 60.7 Å². The van der Waals surface area contributed by atoms with Crippen molar-refractivity contribution in [3.63, 3.8) is 0 Å². The van der Waals surface area contributed by atoms with Crippen molar-refractivity contribution >= 4 is 51.5 Å². The summed E-state index contributed by atoms with van der Waals surface area (Å²) in [7, 11) is 0. The third-order valence-electron chi connectivity index (χ3n) is 2.84. The van der Waals surface area contributed by atoms with E-state index in [4.69, 9.17) is 17.3 Å². The highest BCUT2D eigenvalue weighted by Crippen LogP contribution is 2.25. The topological polar surface area (TPSA) is 60.0 Å². The number of carbonyl (C=O) groups is 1. The zero-order chi connectivity index (χ0) is 14.9. The molecule has 6 heteroatoms. The molecule has 2 aromatic rings. The lowest BCUT2D eigenvalue weighted by molar-refractivity contribution is 0.101. The molecule has 0 saturated heterocycles. The van der Waals surface area contributed by atoms with Gasteiger partial charge in [-0.1, -0.05) is 11.6 Å². The molecule has 0 radical (unpaired) electrons. The number of nitrogens with zero attached hydrogens (tertiary/aromatic N) is 1. The average Bonchev–Trinajstić information content (AvgIpc) is 2.75. The summed E-state index contributed by atoms with van der Waals surface area (Å²) < 4.78 is 2.85. The average molecular weight is 404 g/mol. The van der Waals surface area contributed by atoms with Gasteiger partial charge in [0.2, 0.25) is 0 Å². The predicted molar refractivity (Wildman–Crippen MR) is 91.4 cm³/mol. The highest BCUT2D eigenvalue weighted by Gasteiger charge is 2.16. The van der Waals surface area contributed by atoms with Crippen LogP contribution in [-0.2, 0) is 0 Å². The maximum Gasteiger partial charge on any atom is 0.272 e. The normalized spacial score (nSPS) is 10.8. The Morgan fingerprint density at radius 3 is 2.70 bits per heavy atom. The number of hydrogen-bond donors (Lipinski definition) is 2. The van der Waals surface area contributed by atoms with Crippen LogP contribution in [-0.4, -0.2) is 10.5 Å². The molecular weight excluding hydrogens is 389 g/mol. The standard InChI is InChI=1S/C14H15ClIN3O/c1-8(2)19-7-10(17)6-13(19)14(20)18-12-4-3-9(16)5-11(12)15/h3-8H,17H2,1-2H3,(H,18,20). The number of halogens is 2. The Bertz CT molecular complexity index is 652. The van der Waals surface area contributed by atoms with E-state index in [0.29, 0.717) is 22.1 Å². The Kier molecular flexibility index (Phi) is 4.59. The summed E-state index contributed by atoms with van der Waals surface area (Å²) in [6.45, 7) is 3.99. The number of aromatic nitrogens is 1. The van der Waals surface area contributed by atoms with Gasteiger partial charge >= 0.3 is 0 Å². The number of nitrogen functional groups attached to an aromatic ring is 1. The summed E-state index contributed by atoms with van der Waals surface area (Å²) in [5, 5.41) is 3.33. The second kappa shape index (κ2) is 6.05. The first kappa shape index (κ1) is 15.2. The minimum atomic E-state index is -0.224. The van der Waals surface area contributed by atoms with Crippen molar-refractivity contribution in [1.82, 2.24) is 4.57 Å². The van der Waals surface area contributed by atoms with Crippen LogP contribution >= 0.6 is 34.2 Å². The molecule has 1 aromatic heterocycles. The summed E-state index contributed by atoms with van der Waals surface area (Å²) in [5.41, 5.74) is 7.45. The Morgan fingerprint density at radius 2 is 2.10 bits per heavy atom. The molecule has 0 aliphatic carbocycles. The molecule has 1 amide bonds. The number of hydrogen-bond acceptors (Lipinski definition) is 2. The molecule has 0 aliphatic rings. The van der Waals surface area contributed by atoms with Crippen LogP contribution in [0.25, 0.3) is 0 Å². The third-order valence-corrected chi connectivity index (χ3v) is 3.82. The van der Waals surface area contributed by atoms with Crippen LogP contribution in [0.3, 0.4) is 0 Å². The number of rotatable bonds is 3. The van der Waals surface area contributed by atoms with Gasteiger partial charge in [-0.25, -0.2) is 0 Å². The molecule has 4 nitrogen and oxygen atoms in total. The summed E-state index contributed by atoms with van der Waals surface area (Å²) in [5.74, 6) is -0.224. The molecule has 1 heterocycles. The SMILES string of the molecule is CC(C)n1cc(N)cc1C(=O)Nc1ccc(I)cc1Cl. The maximum atomic E-state index is 12.3. The third kappa shape index (κ3) is 3.27. The van der Waals surface area contributed by atoms with E-state index in [9.17, 15) is 4.79 Å². The van der Waals surface area contributed by atoms with E-state index >= 15 is 0 Å². The maximum absolute atomic E-state index is 12.3. The van der Waals surface area contributed by atoms with E-state index in [2.05, 4.69) is 27.9 Å². The number of benzene rings is 1. The first-order chi connectivity index (χ1) is 9.38. The lowest BCUT2D eigenvalue weighted by atomic mass is 10.3. The van der Waals surface area contributed by atoms with Gasteiger partial charge in [0, 0.05) is 15.8 Å². The zero-order valence-electron chi connectivity index (χ0n) is 11.2. The lowest BCUT2D eigenvalue weighted by Gasteiger charge is -2.13. The quantitative estimate of drug-likeness (QED) is 0.756. The van der Waals surface area contributed by atoms with Crippen LogP contribution in [0.4, 0.5) is 11.4 Å². The first-order valence-electron chi connectivity index (χ1n) is 6.12. The van der Waals surface area contributed by atoms with E-state index in [1.807, 2.05) is 24.5 Å². The molecule has 2 rings (SSSR count). The minimum absolute atomic E-state index is 0.153. The van der Waals surface area contributed by atoms with E-state index in [0.717, 1.165) is 3.57 Å². The van der Waals surface area contributed by atoms with Gasteiger partial charge in [0.1, 0.15) is 5.69 Å². The van der Waals surface area contributed by atoms with Crippen molar-refractivity contribution in [2.45, 2.75) is 19.9 Å². The lowest BCUT2D eigenvalue weighted by Crippen LogP contribution is -2.18. The van der Waals surface area contributed by atoms with Crippen LogP contribution in [0.5, 0.6) is 0 Å². The van der Waals surface area contributed by atoms with Crippen molar-refractivity contribution in [1.29, 1.82) is 0 Å². The number of nitrogens with two attached hydrogens (primary N) is 1. The fourth-order valence-electron chi connectivity index (χ4n) is 1.89. The summed E-state index contributed by atoms with van der Waals surface area (Å²) >= 11 is 8.28. The second-order valence-corrected chi connectivity index (χ2v) is 6.39. The molecule has 3 N–H and O–H groups in total. The molecule has 0 spiro atoms. The van der Waals surface area contributed by atoms with Crippen LogP contribution in [0.15, 0.2) is 30.5 Å². The number of amides is 1. The van der Waals surface area contributed by atoms with Crippen LogP contribution < -0.4 is 11.1 Å². The molecule has 20 heavy (non-hydrogen) atoms. The fourth-order valence-corrected chi connectivity index (χ4v) is 2.79. The highest BCUT2D eigenvalue weighted by molar-refractivity contribution is 14.1. The van der Waals surface area contributed by atoms with Crippen molar-refractivity contribution in [2.24, 2.45) is 0 Å². The van der Waals surface area contributed by atoms with Gasteiger partial charge in [-0.15, -0.1) is 0 Å². The molecular formula is C14H15ClIN3O. The monoisotopic (exact) mass is 403 g/mol. The Hall–Kier alpha value is -1.21. The van der Waals surface area contributed by atoms with Crippen LogP contribution in [0.2, 0.25) is 5.02 Å². The van der Waals surface area contributed by atoms with Crippen molar-refractivity contribution in [2.75, 3.05) is 11.1 Å². The number of carbonyl (C=O) groups excluding carboxylic acids is 1. The summed E-state index contributed by atoms with van der Waals surface area (Å²) in [4.78, 5) is 12.3. The molecule has 0 fully saturated rings. The fraction of sp³-hybridized carbons (Fsp3) is 0.214. The highest BCUT2D eigenvalue weighted by atomic mass is 127. The van der Waals surface area contributed by atoms with Gasteiger partial charge in [0.05, 0.1) is 16.4 Å². The van der Waals surface area contributed by atoms with Crippen molar-refractivity contribution in [3.8, 4) is 0 Å². The van der Waals surface area contributed by atoms with E-state index in [1.54, 1.807) is 24.4 Å². The van der Waals surface area contributed by atoms with Gasteiger partial charge < -0.3 is 15.6 Å². The Morgan fingerprint density at radius 1 is 1.40 bits per heavy atom. The van der Waals surface area contributed by atoms with Crippen LogP contribution in [0.1, 0.15) is 30.4 Å². The van der Waals surface area contributed by atoms with Gasteiger partial charge in [0.15, 0.2) is 0 Å². The van der Waals surface area contributed by atoms with Crippen LogP contribution in [0, 0.1) is 3.57 Å². The molecule has 0 unspecified atom stereocenters. The molecule has 106 valence electrons. The Balaban J connectivity index is 2.28. The summed E-state index contributed by atoms with van der Waals surface area (Å²) in [6, 6.07) is 7.29. The van der Waals surface area contributed by atoms with Gasteiger partial charge in [-0.2, -0.15) is 0 Å². The van der Waals surface area contributed by atoms with E-state index < -0.39 is 0 Å². The van der Waals surface area contributed by atoms with E-state index in [-0.39, 0.29) is 11.9 Å². The smallest absolute Gasteiger partial charge is 0.272 e. The first-order valence-corrected chi connectivity index (χ1v) is 7.58. The van der Waals surface area contributed by atoms with E-state index in [1.165, 1.54) is 0 Å². The zero-order valence-corrected chi connectivity index (χ0v) is 14.1.